The number of hydrogen-bond donors (Lipinski definition) is 2. The van der Waals surface area contributed by atoms with Crippen molar-refractivity contribution in [3.05, 3.63) is 52.0 Å². The molecule has 0 bridgehead atoms. The lowest BCUT2D eigenvalue weighted by Crippen LogP contribution is -2.13. The van der Waals surface area contributed by atoms with Crippen LogP contribution in [0.3, 0.4) is 0 Å². The van der Waals surface area contributed by atoms with Crippen molar-refractivity contribution >= 4 is 33.2 Å². The predicted molar refractivity (Wildman–Crippen MR) is 88.9 cm³/mol. The summed E-state index contributed by atoms with van der Waals surface area (Å²) in [6.45, 7) is 4.36. The van der Waals surface area contributed by atoms with Crippen molar-refractivity contribution in [3.8, 4) is 5.75 Å². The fraction of sp³-hybridized carbons (Fsp3) is 0.188. The molecule has 0 heterocycles. The molecule has 2 rings (SSSR count). The van der Waals surface area contributed by atoms with E-state index >= 15 is 0 Å². The van der Waals surface area contributed by atoms with Gasteiger partial charge in [-0.15, -0.1) is 0 Å². The average molecular weight is 349 g/mol. The molecule has 0 radical (unpaired) electrons. The highest BCUT2D eigenvalue weighted by molar-refractivity contribution is 9.10. The Bertz CT molecular complexity index is 671. The maximum Gasteiger partial charge on any atom is 0.255 e. The Kier molecular flexibility index (Phi) is 4.85. The van der Waals surface area contributed by atoms with Gasteiger partial charge in [-0.1, -0.05) is 22.0 Å². The third-order valence-corrected chi connectivity index (χ3v) is 3.51. The lowest BCUT2D eigenvalue weighted by molar-refractivity contribution is 0.102. The Morgan fingerprint density at radius 3 is 2.71 bits per heavy atom. The Morgan fingerprint density at radius 2 is 2.05 bits per heavy atom. The summed E-state index contributed by atoms with van der Waals surface area (Å²) >= 11 is 3.39. The number of carbonyl (C=O) groups excluding carboxylic acids is 1. The van der Waals surface area contributed by atoms with Crippen molar-refractivity contribution in [2.75, 3.05) is 17.7 Å². The first-order chi connectivity index (χ1) is 10.0. The van der Waals surface area contributed by atoms with Crippen molar-refractivity contribution in [1.29, 1.82) is 0 Å². The molecule has 2 aromatic rings. The fourth-order valence-electron chi connectivity index (χ4n) is 1.90. The molecule has 0 atom stereocenters. The van der Waals surface area contributed by atoms with Crippen molar-refractivity contribution in [3.63, 3.8) is 0 Å². The van der Waals surface area contributed by atoms with Gasteiger partial charge in [0.1, 0.15) is 5.75 Å². The van der Waals surface area contributed by atoms with Gasteiger partial charge in [0, 0.05) is 15.7 Å². The van der Waals surface area contributed by atoms with Crippen LogP contribution >= 0.6 is 15.9 Å². The molecule has 0 saturated heterocycles. The summed E-state index contributed by atoms with van der Waals surface area (Å²) in [7, 11) is 0. The number of hydrogen-bond acceptors (Lipinski definition) is 3. The fourth-order valence-corrected chi connectivity index (χ4v) is 2.26. The molecular weight excluding hydrogens is 332 g/mol. The topological polar surface area (TPSA) is 64.3 Å². The number of nitrogens with one attached hydrogen (secondary N) is 1. The molecule has 5 heteroatoms. The second-order valence-corrected chi connectivity index (χ2v) is 5.51. The molecule has 0 fully saturated rings. The van der Waals surface area contributed by atoms with Crippen LogP contribution in [0.1, 0.15) is 22.8 Å². The van der Waals surface area contributed by atoms with Crippen molar-refractivity contribution in [2.45, 2.75) is 13.8 Å². The second-order valence-electron chi connectivity index (χ2n) is 4.60. The van der Waals surface area contributed by atoms with Crippen LogP contribution in [0.25, 0.3) is 0 Å². The van der Waals surface area contributed by atoms with Crippen molar-refractivity contribution < 1.29 is 9.53 Å². The zero-order chi connectivity index (χ0) is 15.4. The summed E-state index contributed by atoms with van der Waals surface area (Å²) in [5.74, 6) is 0.388. The summed E-state index contributed by atoms with van der Waals surface area (Å²) in [5.41, 5.74) is 8.59. The quantitative estimate of drug-likeness (QED) is 0.821. The molecule has 0 spiro atoms. The van der Waals surface area contributed by atoms with Crippen LogP contribution in [0, 0.1) is 6.92 Å². The number of benzene rings is 2. The molecule has 0 aliphatic rings. The van der Waals surface area contributed by atoms with Crippen LogP contribution in [-0.4, -0.2) is 12.5 Å². The van der Waals surface area contributed by atoms with E-state index < -0.39 is 0 Å². The van der Waals surface area contributed by atoms with Gasteiger partial charge < -0.3 is 15.8 Å². The van der Waals surface area contributed by atoms with E-state index in [4.69, 9.17) is 10.5 Å². The normalized spacial score (nSPS) is 10.2. The monoisotopic (exact) mass is 348 g/mol. The molecule has 21 heavy (non-hydrogen) atoms. The van der Waals surface area contributed by atoms with Crippen LogP contribution in [0.5, 0.6) is 5.75 Å². The number of carbonyl (C=O) groups is 1. The van der Waals surface area contributed by atoms with Crippen molar-refractivity contribution in [2.24, 2.45) is 0 Å². The van der Waals surface area contributed by atoms with E-state index in [1.807, 2.05) is 32.0 Å². The first-order valence-electron chi connectivity index (χ1n) is 6.61. The third kappa shape index (κ3) is 3.76. The molecule has 1 amide bonds. The Balaban J connectivity index is 2.20. The standard InChI is InChI=1S/C16H17BrN2O2/c1-3-21-15-7-5-11(8-13(15)18)16(20)19-14-9-12(17)6-4-10(14)2/h4-9H,3,18H2,1-2H3,(H,19,20). The van der Waals surface area contributed by atoms with Gasteiger partial charge in [-0.25, -0.2) is 0 Å². The molecule has 0 aliphatic heterocycles. The van der Waals surface area contributed by atoms with Gasteiger partial charge in [0.05, 0.1) is 12.3 Å². The third-order valence-electron chi connectivity index (χ3n) is 3.02. The molecule has 0 aliphatic carbocycles. The maximum atomic E-state index is 12.3. The number of amides is 1. The zero-order valence-corrected chi connectivity index (χ0v) is 13.5. The molecule has 110 valence electrons. The highest BCUT2D eigenvalue weighted by Gasteiger charge is 2.10. The van der Waals surface area contributed by atoms with E-state index in [0.29, 0.717) is 23.6 Å². The smallest absolute Gasteiger partial charge is 0.255 e. The number of aryl methyl sites for hydroxylation is 1. The first-order valence-corrected chi connectivity index (χ1v) is 7.40. The highest BCUT2D eigenvalue weighted by Crippen LogP contribution is 2.24. The van der Waals surface area contributed by atoms with E-state index in [9.17, 15) is 4.79 Å². The first kappa shape index (κ1) is 15.4. The number of nitrogens with two attached hydrogens (primary N) is 1. The van der Waals surface area contributed by atoms with Crippen LogP contribution in [0.4, 0.5) is 11.4 Å². The second kappa shape index (κ2) is 6.63. The molecular formula is C16H17BrN2O2. The minimum atomic E-state index is -0.203. The van der Waals surface area contributed by atoms with Gasteiger partial charge in [-0.3, -0.25) is 4.79 Å². The largest absolute Gasteiger partial charge is 0.492 e. The molecule has 3 N–H and O–H groups in total. The van der Waals surface area contributed by atoms with Crippen LogP contribution in [0.15, 0.2) is 40.9 Å². The average Bonchev–Trinajstić information content (AvgIpc) is 2.45. The van der Waals surface area contributed by atoms with Crippen LogP contribution < -0.4 is 15.8 Å². The number of rotatable bonds is 4. The van der Waals surface area contributed by atoms with Gasteiger partial charge in [0.25, 0.3) is 5.91 Å². The Labute approximate surface area is 132 Å². The number of halogens is 1. The van der Waals surface area contributed by atoms with E-state index in [1.165, 1.54) is 0 Å². The van der Waals surface area contributed by atoms with Crippen molar-refractivity contribution in [1.82, 2.24) is 0 Å². The summed E-state index contributed by atoms with van der Waals surface area (Å²) < 4.78 is 6.27. The minimum Gasteiger partial charge on any atom is -0.492 e. The lowest BCUT2D eigenvalue weighted by atomic mass is 10.1. The molecule has 2 aromatic carbocycles. The molecule has 0 aromatic heterocycles. The predicted octanol–water partition coefficient (Wildman–Crippen LogP) is 3.99. The van der Waals surface area contributed by atoms with E-state index in [1.54, 1.807) is 18.2 Å². The summed E-state index contributed by atoms with van der Waals surface area (Å²) in [5, 5.41) is 2.88. The van der Waals surface area contributed by atoms with E-state index in [-0.39, 0.29) is 5.91 Å². The van der Waals surface area contributed by atoms with E-state index in [2.05, 4.69) is 21.2 Å². The summed E-state index contributed by atoms with van der Waals surface area (Å²) in [6, 6.07) is 10.8. The number of anilines is 2. The molecule has 0 unspecified atom stereocenters. The van der Waals surface area contributed by atoms with Gasteiger partial charge in [0.2, 0.25) is 0 Å². The number of nitrogen functional groups attached to an aromatic ring is 1. The molecule has 0 saturated carbocycles. The highest BCUT2D eigenvalue weighted by atomic mass is 79.9. The van der Waals surface area contributed by atoms with Gasteiger partial charge >= 0.3 is 0 Å². The summed E-state index contributed by atoms with van der Waals surface area (Å²) in [6.07, 6.45) is 0. The van der Waals surface area contributed by atoms with Crippen LogP contribution in [0.2, 0.25) is 0 Å². The van der Waals surface area contributed by atoms with Gasteiger partial charge in [-0.05, 0) is 49.7 Å². The Hall–Kier alpha value is -2.01. The van der Waals surface area contributed by atoms with Gasteiger partial charge in [0.15, 0.2) is 0 Å². The SMILES string of the molecule is CCOc1ccc(C(=O)Nc2cc(Br)ccc2C)cc1N. The van der Waals surface area contributed by atoms with Gasteiger partial charge in [-0.2, -0.15) is 0 Å². The lowest BCUT2D eigenvalue weighted by Gasteiger charge is -2.11. The van der Waals surface area contributed by atoms with Crippen LogP contribution in [-0.2, 0) is 0 Å². The maximum absolute atomic E-state index is 12.3. The summed E-state index contributed by atoms with van der Waals surface area (Å²) in [4.78, 5) is 12.3. The number of ether oxygens (including phenoxy) is 1. The Morgan fingerprint density at radius 1 is 1.29 bits per heavy atom. The minimum absolute atomic E-state index is 0.203. The zero-order valence-electron chi connectivity index (χ0n) is 11.9. The van der Waals surface area contributed by atoms with E-state index in [0.717, 1.165) is 15.7 Å². The molecule has 4 nitrogen and oxygen atoms in total.